The molecule has 4 nitrogen and oxygen atoms in total. The van der Waals surface area contributed by atoms with Gasteiger partial charge in [-0.3, -0.25) is 9.69 Å². The number of ether oxygens (including phenoxy) is 1. The van der Waals surface area contributed by atoms with Crippen LogP contribution in [0.1, 0.15) is 15.9 Å². The molecule has 1 aliphatic heterocycles. The van der Waals surface area contributed by atoms with Crippen molar-refractivity contribution in [2.24, 2.45) is 0 Å². The highest BCUT2D eigenvalue weighted by molar-refractivity contribution is 8.27. The van der Waals surface area contributed by atoms with Gasteiger partial charge >= 0.3 is 5.97 Å². The van der Waals surface area contributed by atoms with Crippen molar-refractivity contribution in [3.8, 4) is 5.75 Å². The average molecular weight is 521 g/mol. The van der Waals surface area contributed by atoms with E-state index in [1.807, 2.05) is 0 Å². The van der Waals surface area contributed by atoms with Gasteiger partial charge in [0.2, 0.25) is 0 Å². The maximum absolute atomic E-state index is 12.9. The zero-order chi connectivity index (χ0) is 22.8. The Kier molecular flexibility index (Phi) is 6.88. The van der Waals surface area contributed by atoms with E-state index < -0.39 is 5.97 Å². The molecule has 1 saturated heterocycles. The minimum absolute atomic E-state index is 0.209. The molecule has 0 unspecified atom stereocenters. The third-order valence-corrected chi connectivity index (χ3v) is 6.48. The van der Waals surface area contributed by atoms with Gasteiger partial charge in [0.15, 0.2) is 4.32 Å². The third kappa shape index (κ3) is 5.00. The van der Waals surface area contributed by atoms with Crippen molar-refractivity contribution >= 4 is 86.7 Å². The number of thiocarbonyl (C=S) groups is 1. The van der Waals surface area contributed by atoms with Crippen molar-refractivity contribution in [1.82, 2.24) is 0 Å². The van der Waals surface area contributed by atoms with Crippen LogP contribution in [-0.2, 0) is 4.79 Å². The Balaban J connectivity index is 1.49. The number of hydrogen-bond acceptors (Lipinski definition) is 5. The van der Waals surface area contributed by atoms with Crippen molar-refractivity contribution in [3.05, 3.63) is 97.8 Å². The van der Waals surface area contributed by atoms with Gasteiger partial charge in [-0.15, -0.1) is 0 Å². The molecule has 0 N–H and O–H groups in total. The van der Waals surface area contributed by atoms with E-state index in [1.54, 1.807) is 60.7 Å². The molecule has 1 heterocycles. The van der Waals surface area contributed by atoms with E-state index in [0.717, 1.165) is 5.56 Å². The second-order valence-corrected chi connectivity index (χ2v) is 9.54. The highest BCUT2D eigenvalue weighted by atomic mass is 35.5. The fourth-order valence-electron chi connectivity index (χ4n) is 2.91. The molecule has 1 fully saturated rings. The molecule has 0 aromatic heterocycles. The number of anilines is 1. The minimum atomic E-state index is -0.596. The molecule has 3 aromatic carbocycles. The zero-order valence-electron chi connectivity index (χ0n) is 16.1. The van der Waals surface area contributed by atoms with Crippen molar-refractivity contribution in [1.29, 1.82) is 0 Å². The number of rotatable bonds is 4. The van der Waals surface area contributed by atoms with Crippen LogP contribution in [0.4, 0.5) is 5.69 Å². The van der Waals surface area contributed by atoms with Gasteiger partial charge in [0.05, 0.1) is 21.2 Å². The summed E-state index contributed by atoms with van der Waals surface area (Å²) in [5, 5.41) is 1.16. The molecular weight excluding hydrogens is 509 g/mol. The van der Waals surface area contributed by atoms with Crippen LogP contribution < -0.4 is 9.64 Å². The van der Waals surface area contributed by atoms with Gasteiger partial charge in [-0.1, -0.05) is 77.0 Å². The van der Waals surface area contributed by atoms with Crippen LogP contribution in [0.5, 0.6) is 5.75 Å². The van der Waals surface area contributed by atoms with Gasteiger partial charge < -0.3 is 4.74 Å². The molecule has 0 radical (unpaired) electrons. The predicted octanol–water partition coefficient (Wildman–Crippen LogP) is 7.27. The molecule has 1 aliphatic rings. The van der Waals surface area contributed by atoms with Gasteiger partial charge in [0.25, 0.3) is 5.91 Å². The Labute approximate surface area is 208 Å². The van der Waals surface area contributed by atoms with Crippen LogP contribution in [0.3, 0.4) is 0 Å². The Bertz CT molecular complexity index is 1280. The average Bonchev–Trinajstić information content (AvgIpc) is 3.02. The van der Waals surface area contributed by atoms with Crippen LogP contribution >= 0.6 is 58.8 Å². The molecule has 4 rings (SSSR count). The van der Waals surface area contributed by atoms with E-state index in [2.05, 4.69) is 0 Å². The van der Waals surface area contributed by atoms with Gasteiger partial charge in [-0.25, -0.2) is 4.79 Å². The quantitative estimate of drug-likeness (QED) is 0.157. The summed E-state index contributed by atoms with van der Waals surface area (Å²) >= 11 is 24.5. The molecule has 1 amide bonds. The number of benzene rings is 3. The van der Waals surface area contributed by atoms with E-state index in [4.69, 9.17) is 51.8 Å². The maximum Gasteiger partial charge on any atom is 0.345 e. The molecule has 32 heavy (non-hydrogen) atoms. The van der Waals surface area contributed by atoms with Crippen molar-refractivity contribution < 1.29 is 14.3 Å². The lowest BCUT2D eigenvalue weighted by Gasteiger charge is -2.14. The smallest absolute Gasteiger partial charge is 0.345 e. The third-order valence-electron chi connectivity index (χ3n) is 4.40. The second kappa shape index (κ2) is 9.65. The summed E-state index contributed by atoms with van der Waals surface area (Å²) in [5.41, 5.74) is 1.58. The molecule has 3 aromatic rings. The Morgan fingerprint density at radius 2 is 1.69 bits per heavy atom. The fraction of sp³-hybridized carbons (Fsp3) is 0. The Hall–Kier alpha value is -2.35. The summed E-state index contributed by atoms with van der Waals surface area (Å²) in [4.78, 5) is 27.1. The molecule has 0 saturated carbocycles. The summed E-state index contributed by atoms with van der Waals surface area (Å²) < 4.78 is 5.79. The molecule has 0 bridgehead atoms. The topological polar surface area (TPSA) is 46.6 Å². The minimum Gasteiger partial charge on any atom is -0.423 e. The number of carbonyl (C=O) groups excluding carboxylic acids is 2. The molecule has 160 valence electrons. The van der Waals surface area contributed by atoms with Crippen LogP contribution in [0.25, 0.3) is 6.08 Å². The highest BCUT2D eigenvalue weighted by Gasteiger charge is 2.33. The standard InChI is InChI=1S/C23H12Cl3NO3S2/c24-14-2-1-3-16(11-14)27-21(28)20(32-23(27)31)10-13-4-7-17(8-5-13)30-22(29)18-9-6-15(25)12-19(18)26/h1-12H. The summed E-state index contributed by atoms with van der Waals surface area (Å²) in [7, 11) is 0. The van der Waals surface area contributed by atoms with Crippen molar-refractivity contribution in [2.45, 2.75) is 0 Å². The van der Waals surface area contributed by atoms with E-state index in [1.165, 1.54) is 28.8 Å². The fourth-order valence-corrected chi connectivity index (χ4v) is 4.88. The summed E-state index contributed by atoms with van der Waals surface area (Å²) in [6, 6.07) is 18.2. The Morgan fingerprint density at radius 3 is 2.38 bits per heavy atom. The van der Waals surface area contributed by atoms with Crippen molar-refractivity contribution in [3.63, 3.8) is 0 Å². The Morgan fingerprint density at radius 1 is 0.969 bits per heavy atom. The van der Waals surface area contributed by atoms with Crippen LogP contribution in [0.2, 0.25) is 15.1 Å². The first-order valence-electron chi connectivity index (χ1n) is 9.12. The predicted molar refractivity (Wildman–Crippen MR) is 135 cm³/mol. The first kappa shape index (κ1) is 22.8. The van der Waals surface area contributed by atoms with Gasteiger partial charge in [-0.05, 0) is 60.2 Å². The molecule has 0 atom stereocenters. The maximum atomic E-state index is 12.9. The number of thioether (sulfide) groups is 1. The highest BCUT2D eigenvalue weighted by Crippen LogP contribution is 2.36. The van der Waals surface area contributed by atoms with E-state index >= 15 is 0 Å². The summed E-state index contributed by atoms with van der Waals surface area (Å²) in [6.45, 7) is 0. The molecule has 0 spiro atoms. The monoisotopic (exact) mass is 519 g/mol. The summed E-state index contributed by atoms with van der Waals surface area (Å²) in [5.74, 6) is -0.485. The van der Waals surface area contributed by atoms with Gasteiger partial charge in [0, 0.05) is 10.0 Å². The molecule has 9 heteroatoms. The van der Waals surface area contributed by atoms with Crippen LogP contribution in [-0.4, -0.2) is 16.2 Å². The number of esters is 1. The number of carbonyl (C=O) groups is 2. The largest absolute Gasteiger partial charge is 0.423 e. The first-order valence-corrected chi connectivity index (χ1v) is 11.5. The molecule has 0 aliphatic carbocycles. The number of amides is 1. The SMILES string of the molecule is O=C(Oc1ccc(C=C2SC(=S)N(c3cccc(Cl)c3)C2=O)cc1)c1ccc(Cl)cc1Cl. The van der Waals surface area contributed by atoms with Gasteiger partial charge in [-0.2, -0.15) is 0 Å². The van der Waals surface area contributed by atoms with Gasteiger partial charge in [0.1, 0.15) is 5.75 Å². The second-order valence-electron chi connectivity index (χ2n) is 6.58. The lowest BCUT2D eigenvalue weighted by atomic mass is 10.2. The summed E-state index contributed by atoms with van der Waals surface area (Å²) in [6.07, 6.45) is 1.73. The van der Waals surface area contributed by atoms with E-state index in [0.29, 0.717) is 30.7 Å². The van der Waals surface area contributed by atoms with Crippen molar-refractivity contribution in [2.75, 3.05) is 4.90 Å². The number of hydrogen-bond donors (Lipinski definition) is 0. The first-order chi connectivity index (χ1) is 15.3. The van der Waals surface area contributed by atoms with Crippen LogP contribution in [0, 0.1) is 0 Å². The zero-order valence-corrected chi connectivity index (χ0v) is 20.0. The van der Waals surface area contributed by atoms with E-state index in [-0.39, 0.29) is 16.5 Å². The lowest BCUT2D eigenvalue weighted by Crippen LogP contribution is -2.27. The lowest BCUT2D eigenvalue weighted by molar-refractivity contribution is -0.113. The van der Waals surface area contributed by atoms with Crippen LogP contribution in [0.15, 0.2) is 71.6 Å². The number of nitrogens with zero attached hydrogens (tertiary/aromatic N) is 1. The number of halogens is 3. The molecular formula is C23H12Cl3NO3S2. The van der Waals surface area contributed by atoms with E-state index in [9.17, 15) is 9.59 Å². The normalized spacial score (nSPS) is 14.8.